The molecule has 2 rings (SSSR count). The van der Waals surface area contributed by atoms with Gasteiger partial charge in [0.25, 0.3) is 0 Å². The zero-order valence-corrected chi connectivity index (χ0v) is 11.9. The summed E-state index contributed by atoms with van der Waals surface area (Å²) < 4.78 is 0. The van der Waals surface area contributed by atoms with Crippen molar-refractivity contribution in [3.8, 4) is 0 Å². The lowest BCUT2D eigenvalue weighted by molar-refractivity contribution is -0.124. The molecule has 4 nitrogen and oxygen atoms in total. The largest absolute Gasteiger partial charge is 0.394 e. The van der Waals surface area contributed by atoms with Crippen molar-refractivity contribution >= 4 is 5.91 Å². The smallest absolute Gasteiger partial charge is 0.220 e. The van der Waals surface area contributed by atoms with Crippen LogP contribution in [-0.4, -0.2) is 35.7 Å². The Morgan fingerprint density at radius 3 is 2.63 bits per heavy atom. The summed E-state index contributed by atoms with van der Waals surface area (Å²) in [4.78, 5) is 12.1. The average molecular weight is 268 g/mol. The molecular formula is C15H28N2O2. The van der Waals surface area contributed by atoms with Gasteiger partial charge in [0.2, 0.25) is 5.91 Å². The quantitative estimate of drug-likeness (QED) is 0.711. The molecule has 1 saturated heterocycles. The molecule has 19 heavy (non-hydrogen) atoms. The fourth-order valence-electron chi connectivity index (χ4n) is 3.39. The second kappa shape index (κ2) is 7.25. The zero-order valence-electron chi connectivity index (χ0n) is 11.9. The van der Waals surface area contributed by atoms with Gasteiger partial charge >= 0.3 is 0 Å². The molecule has 3 N–H and O–H groups in total. The maximum atomic E-state index is 12.1. The Hall–Kier alpha value is -0.610. The van der Waals surface area contributed by atoms with E-state index in [9.17, 15) is 9.90 Å². The van der Waals surface area contributed by atoms with Crippen LogP contribution in [0.15, 0.2) is 0 Å². The number of amides is 1. The maximum absolute atomic E-state index is 12.1. The maximum Gasteiger partial charge on any atom is 0.220 e. The summed E-state index contributed by atoms with van der Waals surface area (Å²) in [6.45, 7) is 1.17. The first-order valence-electron chi connectivity index (χ1n) is 7.89. The summed E-state index contributed by atoms with van der Waals surface area (Å²) in [6, 6.07) is 0.510. The van der Waals surface area contributed by atoms with Crippen LogP contribution >= 0.6 is 0 Å². The van der Waals surface area contributed by atoms with Gasteiger partial charge in [-0.3, -0.25) is 4.79 Å². The fraction of sp³-hybridized carbons (Fsp3) is 0.933. The second-order valence-corrected chi connectivity index (χ2v) is 6.23. The summed E-state index contributed by atoms with van der Waals surface area (Å²) in [6.07, 6.45) is 10.6. The van der Waals surface area contributed by atoms with Crippen LogP contribution in [0.1, 0.15) is 64.2 Å². The molecule has 0 radical (unpaired) electrons. The van der Waals surface area contributed by atoms with Gasteiger partial charge in [-0.1, -0.05) is 25.7 Å². The lowest BCUT2D eigenvalue weighted by atomic mass is 9.82. The van der Waals surface area contributed by atoms with E-state index in [1.54, 1.807) is 0 Å². The van der Waals surface area contributed by atoms with Gasteiger partial charge in [-0.25, -0.2) is 0 Å². The normalized spacial score (nSPS) is 26.9. The third-order valence-electron chi connectivity index (χ3n) is 4.65. The summed E-state index contributed by atoms with van der Waals surface area (Å²) in [5.74, 6) is 0.114. The van der Waals surface area contributed by atoms with Gasteiger partial charge in [-0.05, 0) is 38.6 Å². The molecule has 0 aromatic carbocycles. The standard InChI is InChI=1S/C15H28N2O2/c18-12-15(9-3-1-4-10-15)17-14(19)8-7-13-6-2-5-11-16-13/h13,16,18H,1-12H2,(H,17,19). The van der Waals surface area contributed by atoms with Gasteiger partial charge in [0, 0.05) is 12.5 Å². The van der Waals surface area contributed by atoms with E-state index in [0.29, 0.717) is 12.5 Å². The van der Waals surface area contributed by atoms with Crippen molar-refractivity contribution in [1.29, 1.82) is 0 Å². The molecule has 1 saturated carbocycles. The molecule has 0 aromatic heterocycles. The van der Waals surface area contributed by atoms with Crippen LogP contribution < -0.4 is 10.6 Å². The van der Waals surface area contributed by atoms with Crippen LogP contribution in [0.3, 0.4) is 0 Å². The van der Waals surface area contributed by atoms with E-state index in [-0.39, 0.29) is 18.1 Å². The van der Waals surface area contributed by atoms with E-state index < -0.39 is 0 Å². The highest BCUT2D eigenvalue weighted by molar-refractivity contribution is 5.76. The van der Waals surface area contributed by atoms with E-state index in [0.717, 1.165) is 38.6 Å². The third-order valence-corrected chi connectivity index (χ3v) is 4.65. The molecular weight excluding hydrogens is 240 g/mol. The van der Waals surface area contributed by atoms with E-state index in [1.165, 1.54) is 25.7 Å². The van der Waals surface area contributed by atoms with Crippen molar-refractivity contribution in [3.05, 3.63) is 0 Å². The van der Waals surface area contributed by atoms with Crippen LogP contribution in [0.4, 0.5) is 0 Å². The van der Waals surface area contributed by atoms with Crippen molar-refractivity contribution in [2.75, 3.05) is 13.2 Å². The van der Waals surface area contributed by atoms with E-state index in [4.69, 9.17) is 0 Å². The number of aliphatic hydroxyl groups is 1. The molecule has 110 valence electrons. The number of hydrogen-bond acceptors (Lipinski definition) is 3. The number of rotatable bonds is 5. The molecule has 1 aliphatic heterocycles. The van der Waals surface area contributed by atoms with Crippen molar-refractivity contribution in [2.45, 2.75) is 75.8 Å². The Bertz CT molecular complexity index is 282. The van der Waals surface area contributed by atoms with Gasteiger partial charge in [0.15, 0.2) is 0 Å². The zero-order chi connectivity index (χ0) is 13.6. The molecule has 1 heterocycles. The second-order valence-electron chi connectivity index (χ2n) is 6.23. The Labute approximate surface area is 116 Å². The van der Waals surface area contributed by atoms with Gasteiger partial charge < -0.3 is 15.7 Å². The lowest BCUT2D eigenvalue weighted by Crippen LogP contribution is -2.52. The Kier molecular flexibility index (Phi) is 5.64. The SMILES string of the molecule is O=C(CCC1CCCCN1)NC1(CO)CCCCC1. The lowest BCUT2D eigenvalue weighted by Gasteiger charge is -2.36. The van der Waals surface area contributed by atoms with Crippen molar-refractivity contribution in [1.82, 2.24) is 10.6 Å². The Balaban J connectivity index is 1.72. The Morgan fingerprint density at radius 2 is 2.00 bits per heavy atom. The summed E-state index contributed by atoms with van der Waals surface area (Å²) in [5, 5.41) is 16.2. The molecule has 1 amide bonds. The number of hydrogen-bond donors (Lipinski definition) is 3. The number of carbonyl (C=O) groups excluding carboxylic acids is 1. The van der Waals surface area contributed by atoms with Gasteiger partial charge in [-0.2, -0.15) is 0 Å². The molecule has 4 heteroatoms. The molecule has 0 aromatic rings. The highest BCUT2D eigenvalue weighted by Gasteiger charge is 2.32. The number of aliphatic hydroxyl groups excluding tert-OH is 1. The first kappa shape index (κ1) is 14.8. The number of carbonyl (C=O) groups is 1. The van der Waals surface area contributed by atoms with Gasteiger partial charge in [0.05, 0.1) is 12.1 Å². The number of nitrogens with one attached hydrogen (secondary N) is 2. The topological polar surface area (TPSA) is 61.4 Å². The molecule has 1 atom stereocenters. The fourth-order valence-corrected chi connectivity index (χ4v) is 3.39. The predicted molar refractivity (Wildman–Crippen MR) is 75.9 cm³/mol. The highest BCUT2D eigenvalue weighted by atomic mass is 16.3. The summed E-state index contributed by atoms with van der Waals surface area (Å²) >= 11 is 0. The minimum absolute atomic E-state index is 0.0837. The first-order chi connectivity index (χ1) is 9.24. The highest BCUT2D eigenvalue weighted by Crippen LogP contribution is 2.28. The minimum Gasteiger partial charge on any atom is -0.394 e. The van der Waals surface area contributed by atoms with Crippen LogP contribution in [0, 0.1) is 0 Å². The number of piperidine rings is 1. The molecule has 1 unspecified atom stereocenters. The Morgan fingerprint density at radius 1 is 1.21 bits per heavy atom. The summed E-state index contributed by atoms with van der Waals surface area (Å²) in [5.41, 5.74) is -0.324. The molecule has 1 aliphatic carbocycles. The monoisotopic (exact) mass is 268 g/mol. The van der Waals surface area contributed by atoms with Crippen LogP contribution in [-0.2, 0) is 4.79 Å². The van der Waals surface area contributed by atoms with Crippen LogP contribution in [0.25, 0.3) is 0 Å². The predicted octanol–water partition coefficient (Wildman–Crippen LogP) is 1.72. The molecule has 2 fully saturated rings. The minimum atomic E-state index is -0.324. The van der Waals surface area contributed by atoms with Crippen molar-refractivity contribution < 1.29 is 9.90 Å². The van der Waals surface area contributed by atoms with Gasteiger partial charge in [0.1, 0.15) is 0 Å². The van der Waals surface area contributed by atoms with E-state index >= 15 is 0 Å². The van der Waals surface area contributed by atoms with E-state index in [1.807, 2.05) is 0 Å². The van der Waals surface area contributed by atoms with Crippen LogP contribution in [0.5, 0.6) is 0 Å². The molecule has 0 spiro atoms. The van der Waals surface area contributed by atoms with Crippen molar-refractivity contribution in [3.63, 3.8) is 0 Å². The molecule has 2 aliphatic rings. The van der Waals surface area contributed by atoms with E-state index in [2.05, 4.69) is 10.6 Å². The molecule has 0 bridgehead atoms. The average Bonchev–Trinajstić information content (AvgIpc) is 2.47. The van der Waals surface area contributed by atoms with Gasteiger partial charge in [-0.15, -0.1) is 0 Å². The first-order valence-corrected chi connectivity index (χ1v) is 7.89. The van der Waals surface area contributed by atoms with Crippen LogP contribution in [0.2, 0.25) is 0 Å². The van der Waals surface area contributed by atoms with Crippen molar-refractivity contribution in [2.24, 2.45) is 0 Å². The summed E-state index contributed by atoms with van der Waals surface area (Å²) in [7, 11) is 0. The third kappa shape index (κ3) is 4.46.